The third-order valence-corrected chi connectivity index (χ3v) is 4.05. The number of nitrogens with zero attached hydrogens (tertiary/aromatic N) is 1. The molecule has 132 valence electrons. The Bertz CT molecular complexity index is 328. The molecule has 1 fully saturated rings. The molecule has 0 radical (unpaired) electrons. The van der Waals surface area contributed by atoms with Crippen LogP contribution >= 0.6 is 24.0 Å². The summed E-state index contributed by atoms with van der Waals surface area (Å²) < 4.78 is 5.30. The molecule has 0 aromatic heterocycles. The molecular weight excluding hydrogens is 389 g/mol. The summed E-state index contributed by atoms with van der Waals surface area (Å²) >= 11 is 0. The number of hydrogen-bond acceptors (Lipinski definition) is 2. The van der Waals surface area contributed by atoms with E-state index in [0.717, 1.165) is 38.8 Å². The molecule has 4 nitrogen and oxygen atoms in total. The Morgan fingerprint density at radius 1 is 1.18 bits per heavy atom. The monoisotopic (exact) mass is 425 g/mol. The standard InChI is InChI=1S/C17H35N3O.HI/c1-6-8-9-10-16(3,4)11-19-15(18-7-2)20-12-17(5)13-21-14-17;/h6-14H2,1-5H3,(H2,18,19,20);1H. The van der Waals surface area contributed by atoms with Gasteiger partial charge in [-0.1, -0.05) is 47.0 Å². The van der Waals surface area contributed by atoms with Crippen molar-refractivity contribution in [3.05, 3.63) is 0 Å². The molecule has 0 aliphatic carbocycles. The van der Waals surface area contributed by atoms with Crippen molar-refractivity contribution in [2.24, 2.45) is 15.8 Å². The third-order valence-electron chi connectivity index (χ3n) is 4.05. The lowest BCUT2D eigenvalue weighted by molar-refractivity contribution is -0.0971. The van der Waals surface area contributed by atoms with Gasteiger partial charge in [-0.25, -0.2) is 0 Å². The van der Waals surface area contributed by atoms with E-state index in [-0.39, 0.29) is 34.8 Å². The Kier molecular flexibility index (Phi) is 10.7. The zero-order valence-electron chi connectivity index (χ0n) is 15.1. The number of rotatable bonds is 9. The van der Waals surface area contributed by atoms with E-state index in [2.05, 4.69) is 45.3 Å². The second-order valence-electron chi connectivity index (χ2n) is 7.47. The summed E-state index contributed by atoms with van der Waals surface area (Å²) in [7, 11) is 0. The fourth-order valence-electron chi connectivity index (χ4n) is 2.42. The maximum Gasteiger partial charge on any atom is 0.191 e. The quantitative estimate of drug-likeness (QED) is 0.256. The first kappa shape index (κ1) is 22.0. The highest BCUT2D eigenvalue weighted by Crippen LogP contribution is 2.25. The fourth-order valence-corrected chi connectivity index (χ4v) is 2.42. The molecule has 22 heavy (non-hydrogen) atoms. The molecule has 0 bridgehead atoms. The molecule has 0 aromatic rings. The first-order valence-electron chi connectivity index (χ1n) is 8.51. The molecule has 1 rings (SSSR count). The normalized spacial score (nSPS) is 17.4. The van der Waals surface area contributed by atoms with E-state index in [1.54, 1.807) is 0 Å². The maximum absolute atomic E-state index is 5.30. The highest BCUT2D eigenvalue weighted by molar-refractivity contribution is 14.0. The van der Waals surface area contributed by atoms with Crippen molar-refractivity contribution in [1.82, 2.24) is 10.6 Å². The van der Waals surface area contributed by atoms with Crippen LogP contribution in [0.3, 0.4) is 0 Å². The lowest BCUT2D eigenvalue weighted by Crippen LogP contribution is -2.51. The zero-order valence-corrected chi connectivity index (χ0v) is 17.5. The molecule has 1 aliphatic heterocycles. The second kappa shape index (κ2) is 10.7. The topological polar surface area (TPSA) is 45.7 Å². The first-order chi connectivity index (χ1) is 9.91. The zero-order chi connectivity index (χ0) is 15.8. The molecule has 5 heteroatoms. The van der Waals surface area contributed by atoms with Gasteiger partial charge in [-0.3, -0.25) is 4.99 Å². The van der Waals surface area contributed by atoms with Crippen molar-refractivity contribution in [1.29, 1.82) is 0 Å². The van der Waals surface area contributed by atoms with Gasteiger partial charge >= 0.3 is 0 Å². The molecule has 0 amide bonds. The van der Waals surface area contributed by atoms with Crippen molar-refractivity contribution in [2.75, 3.05) is 32.8 Å². The maximum atomic E-state index is 5.30. The van der Waals surface area contributed by atoms with Crippen LogP contribution in [0, 0.1) is 10.8 Å². The number of halogens is 1. The Morgan fingerprint density at radius 2 is 1.86 bits per heavy atom. The van der Waals surface area contributed by atoms with Crippen molar-refractivity contribution < 1.29 is 4.74 Å². The van der Waals surface area contributed by atoms with Gasteiger partial charge in [0, 0.05) is 25.0 Å². The van der Waals surface area contributed by atoms with Gasteiger partial charge in [-0.15, -0.1) is 24.0 Å². The third kappa shape index (κ3) is 8.56. The summed E-state index contributed by atoms with van der Waals surface area (Å²) in [5.74, 6) is 0.939. The Balaban J connectivity index is 0.00000441. The summed E-state index contributed by atoms with van der Waals surface area (Å²) in [4.78, 5) is 4.78. The van der Waals surface area contributed by atoms with Crippen LogP contribution in [0.25, 0.3) is 0 Å². The highest BCUT2D eigenvalue weighted by atomic mass is 127. The van der Waals surface area contributed by atoms with Gasteiger partial charge in [0.1, 0.15) is 0 Å². The first-order valence-corrected chi connectivity index (χ1v) is 8.51. The Morgan fingerprint density at radius 3 is 2.36 bits per heavy atom. The summed E-state index contributed by atoms with van der Waals surface area (Å²) in [5, 5.41) is 6.80. The molecule has 0 spiro atoms. The summed E-state index contributed by atoms with van der Waals surface area (Å²) in [6.07, 6.45) is 5.15. The van der Waals surface area contributed by atoms with E-state index in [1.165, 1.54) is 25.7 Å². The van der Waals surface area contributed by atoms with Gasteiger partial charge in [0.05, 0.1) is 13.2 Å². The second-order valence-corrected chi connectivity index (χ2v) is 7.47. The van der Waals surface area contributed by atoms with Crippen LogP contribution in [0.2, 0.25) is 0 Å². The van der Waals surface area contributed by atoms with E-state index >= 15 is 0 Å². The van der Waals surface area contributed by atoms with Crippen LogP contribution in [-0.2, 0) is 4.74 Å². The van der Waals surface area contributed by atoms with Crippen LogP contribution in [-0.4, -0.2) is 38.8 Å². The van der Waals surface area contributed by atoms with Crippen molar-refractivity contribution in [3.63, 3.8) is 0 Å². The lowest BCUT2D eigenvalue weighted by Gasteiger charge is -2.38. The van der Waals surface area contributed by atoms with Crippen LogP contribution in [0.5, 0.6) is 0 Å². The van der Waals surface area contributed by atoms with Crippen molar-refractivity contribution in [3.8, 4) is 0 Å². The predicted octanol–water partition coefficient (Wildman–Crippen LogP) is 3.80. The van der Waals surface area contributed by atoms with Crippen molar-refractivity contribution >= 4 is 29.9 Å². The van der Waals surface area contributed by atoms with E-state index in [0.29, 0.717) is 0 Å². The SMILES string of the molecule is CCCCCC(C)(C)CN=C(NCC)NCC1(C)COC1.I. The summed E-state index contributed by atoms with van der Waals surface area (Å²) in [6.45, 7) is 15.6. The van der Waals surface area contributed by atoms with E-state index in [4.69, 9.17) is 9.73 Å². The van der Waals surface area contributed by atoms with Crippen LogP contribution < -0.4 is 10.6 Å². The Hall–Kier alpha value is -0.0400. The van der Waals surface area contributed by atoms with Gasteiger partial charge in [-0.05, 0) is 18.8 Å². The molecular formula is C17H36IN3O. The number of unbranched alkanes of at least 4 members (excludes halogenated alkanes) is 2. The van der Waals surface area contributed by atoms with Crippen LogP contribution in [0.15, 0.2) is 4.99 Å². The van der Waals surface area contributed by atoms with Crippen LogP contribution in [0.4, 0.5) is 0 Å². The van der Waals surface area contributed by atoms with Gasteiger partial charge in [0.25, 0.3) is 0 Å². The van der Waals surface area contributed by atoms with Gasteiger partial charge < -0.3 is 15.4 Å². The largest absolute Gasteiger partial charge is 0.380 e. The molecule has 0 unspecified atom stereocenters. The molecule has 1 heterocycles. The average Bonchev–Trinajstić information content (AvgIpc) is 2.40. The average molecular weight is 425 g/mol. The molecule has 0 aromatic carbocycles. The molecule has 0 atom stereocenters. The summed E-state index contributed by atoms with van der Waals surface area (Å²) in [5.41, 5.74) is 0.549. The summed E-state index contributed by atoms with van der Waals surface area (Å²) in [6, 6.07) is 0. The molecule has 1 aliphatic rings. The van der Waals surface area contributed by atoms with E-state index < -0.39 is 0 Å². The number of nitrogens with one attached hydrogen (secondary N) is 2. The highest BCUT2D eigenvalue weighted by Gasteiger charge is 2.33. The fraction of sp³-hybridized carbons (Fsp3) is 0.941. The number of ether oxygens (including phenoxy) is 1. The van der Waals surface area contributed by atoms with E-state index in [1.807, 2.05) is 0 Å². The number of aliphatic imine (C=N–C) groups is 1. The number of hydrogen-bond donors (Lipinski definition) is 2. The van der Waals surface area contributed by atoms with Crippen LogP contribution in [0.1, 0.15) is 60.3 Å². The minimum atomic E-state index is 0. The minimum absolute atomic E-state index is 0. The minimum Gasteiger partial charge on any atom is -0.380 e. The molecule has 2 N–H and O–H groups in total. The predicted molar refractivity (Wildman–Crippen MR) is 106 cm³/mol. The van der Waals surface area contributed by atoms with Gasteiger partial charge in [0.2, 0.25) is 0 Å². The molecule has 1 saturated heterocycles. The lowest BCUT2D eigenvalue weighted by atomic mass is 9.87. The van der Waals surface area contributed by atoms with Gasteiger partial charge in [0.15, 0.2) is 5.96 Å². The smallest absolute Gasteiger partial charge is 0.191 e. The number of guanidine groups is 1. The van der Waals surface area contributed by atoms with Gasteiger partial charge in [-0.2, -0.15) is 0 Å². The molecule has 0 saturated carbocycles. The van der Waals surface area contributed by atoms with Crippen molar-refractivity contribution in [2.45, 2.75) is 60.3 Å². The Labute approximate surface area is 154 Å². The van der Waals surface area contributed by atoms with E-state index in [9.17, 15) is 0 Å².